The molecule has 0 aliphatic rings. The number of primary amides is 1. The molecular formula is C13H27N3O5. The van der Waals surface area contributed by atoms with Gasteiger partial charge in [-0.1, -0.05) is 19.8 Å². The van der Waals surface area contributed by atoms with Crippen molar-refractivity contribution < 1.29 is 24.6 Å². The summed E-state index contributed by atoms with van der Waals surface area (Å²) in [6.45, 7) is 4.59. The molecule has 0 aromatic heterocycles. The minimum Gasteiger partial charge on any atom is -0.481 e. The average molecular weight is 305 g/mol. The van der Waals surface area contributed by atoms with E-state index in [1.807, 2.05) is 0 Å². The zero-order chi connectivity index (χ0) is 16.8. The van der Waals surface area contributed by atoms with Gasteiger partial charge in [0.25, 0.3) is 0 Å². The summed E-state index contributed by atoms with van der Waals surface area (Å²) in [5.74, 6) is -2.42. The van der Waals surface area contributed by atoms with Gasteiger partial charge in [0.05, 0.1) is 6.04 Å². The van der Waals surface area contributed by atoms with Gasteiger partial charge in [-0.25, -0.2) is 0 Å². The van der Waals surface area contributed by atoms with Crippen molar-refractivity contribution in [1.29, 1.82) is 0 Å². The van der Waals surface area contributed by atoms with Crippen molar-refractivity contribution in [2.24, 2.45) is 11.5 Å². The van der Waals surface area contributed by atoms with Gasteiger partial charge in [0.2, 0.25) is 5.91 Å². The molecule has 21 heavy (non-hydrogen) atoms. The van der Waals surface area contributed by atoms with E-state index in [0.29, 0.717) is 0 Å². The number of rotatable bonds is 10. The van der Waals surface area contributed by atoms with Crippen LogP contribution < -0.4 is 16.8 Å². The number of carboxylic acids is 2. The van der Waals surface area contributed by atoms with E-state index in [9.17, 15) is 14.4 Å². The number of aliphatic carboxylic acids is 2. The molecule has 0 spiro atoms. The van der Waals surface area contributed by atoms with Gasteiger partial charge in [-0.2, -0.15) is 0 Å². The van der Waals surface area contributed by atoms with Crippen molar-refractivity contribution in [3.8, 4) is 0 Å². The highest BCUT2D eigenvalue weighted by molar-refractivity contribution is 5.80. The molecule has 2 atom stereocenters. The number of unbranched alkanes of at least 4 members (excludes halogenated alkanes) is 2. The van der Waals surface area contributed by atoms with E-state index in [-0.39, 0.29) is 12.8 Å². The summed E-state index contributed by atoms with van der Waals surface area (Å²) < 4.78 is 0. The highest BCUT2D eigenvalue weighted by atomic mass is 16.4. The third-order valence-electron chi connectivity index (χ3n) is 2.64. The Bertz CT molecular complexity index is 323. The van der Waals surface area contributed by atoms with Crippen molar-refractivity contribution in [3.05, 3.63) is 0 Å². The Kier molecular flexibility index (Phi) is 13.7. The van der Waals surface area contributed by atoms with Gasteiger partial charge in [-0.05, 0) is 26.3 Å². The zero-order valence-electron chi connectivity index (χ0n) is 12.7. The van der Waals surface area contributed by atoms with Gasteiger partial charge in [-0.3, -0.25) is 14.4 Å². The van der Waals surface area contributed by atoms with Crippen LogP contribution in [-0.2, 0) is 14.4 Å². The highest BCUT2D eigenvalue weighted by Gasteiger charge is 2.10. The van der Waals surface area contributed by atoms with Crippen LogP contribution in [0.15, 0.2) is 0 Å². The molecule has 1 amide bonds. The fraction of sp³-hybridized carbons (Fsp3) is 0.769. The Balaban J connectivity index is 0. The molecule has 0 rings (SSSR count). The largest absolute Gasteiger partial charge is 0.481 e. The van der Waals surface area contributed by atoms with Gasteiger partial charge in [0.1, 0.15) is 6.04 Å². The predicted octanol–water partition coefficient (Wildman–Crippen LogP) is -0.0969. The Hall–Kier alpha value is -1.67. The van der Waals surface area contributed by atoms with Crippen molar-refractivity contribution in [3.63, 3.8) is 0 Å². The van der Waals surface area contributed by atoms with Crippen LogP contribution >= 0.6 is 0 Å². The van der Waals surface area contributed by atoms with Gasteiger partial charge >= 0.3 is 11.9 Å². The Morgan fingerprint density at radius 3 is 2.14 bits per heavy atom. The Morgan fingerprint density at radius 2 is 1.76 bits per heavy atom. The lowest BCUT2D eigenvalue weighted by atomic mass is 10.1. The van der Waals surface area contributed by atoms with Crippen LogP contribution in [0.25, 0.3) is 0 Å². The summed E-state index contributed by atoms with van der Waals surface area (Å²) in [4.78, 5) is 30.4. The normalized spacial score (nSPS) is 12.7. The number of hydrogen-bond acceptors (Lipinski definition) is 5. The van der Waals surface area contributed by atoms with E-state index in [2.05, 4.69) is 12.2 Å². The summed E-state index contributed by atoms with van der Waals surface area (Å²) in [5.41, 5.74) is 9.89. The van der Waals surface area contributed by atoms with E-state index in [4.69, 9.17) is 21.7 Å². The van der Waals surface area contributed by atoms with Crippen LogP contribution in [0.2, 0.25) is 0 Å². The van der Waals surface area contributed by atoms with Crippen LogP contribution in [0.5, 0.6) is 0 Å². The fourth-order valence-electron chi connectivity index (χ4n) is 1.20. The number of hydrogen-bond donors (Lipinski definition) is 5. The standard InChI is InChI=1S/C8H17NO2.C5H10N2O3/c1-3-4-5-6-9-7(2)8(10)11;6-3(5(7)10)1-2-4(8)9/h7,9H,3-6H2,1-2H3,(H,10,11);3H,1-2,6H2,(H2,7,10)(H,8,9). The summed E-state index contributed by atoms with van der Waals surface area (Å²) in [5, 5.41) is 19.5. The molecule has 0 saturated heterocycles. The molecule has 2 unspecified atom stereocenters. The van der Waals surface area contributed by atoms with E-state index < -0.39 is 29.9 Å². The SMILES string of the molecule is CCCCCNC(C)C(=O)O.NC(=O)C(N)CCC(=O)O. The average Bonchev–Trinajstić information content (AvgIpc) is 2.41. The number of amides is 1. The molecule has 7 N–H and O–H groups in total. The summed E-state index contributed by atoms with van der Waals surface area (Å²) in [6, 6.07) is -1.25. The van der Waals surface area contributed by atoms with Crippen LogP contribution in [0.1, 0.15) is 46.0 Å². The molecule has 0 aromatic rings. The van der Waals surface area contributed by atoms with Crippen LogP contribution in [0.3, 0.4) is 0 Å². The molecule has 0 aliphatic carbocycles. The minimum atomic E-state index is -0.975. The van der Waals surface area contributed by atoms with Gasteiger partial charge in [0, 0.05) is 6.42 Å². The van der Waals surface area contributed by atoms with Crippen LogP contribution in [0.4, 0.5) is 0 Å². The van der Waals surface area contributed by atoms with E-state index >= 15 is 0 Å². The lowest BCUT2D eigenvalue weighted by molar-refractivity contribution is -0.139. The Labute approximate surface area is 124 Å². The van der Waals surface area contributed by atoms with Crippen LogP contribution in [0, 0.1) is 0 Å². The molecular weight excluding hydrogens is 278 g/mol. The maximum atomic E-state index is 10.3. The number of nitrogens with one attached hydrogen (secondary N) is 1. The van der Waals surface area contributed by atoms with E-state index in [1.54, 1.807) is 6.92 Å². The molecule has 0 aromatic carbocycles. The maximum Gasteiger partial charge on any atom is 0.320 e. The van der Waals surface area contributed by atoms with Crippen LogP contribution in [-0.4, -0.2) is 46.7 Å². The highest BCUT2D eigenvalue weighted by Crippen LogP contribution is 1.93. The van der Waals surface area contributed by atoms with Gasteiger partial charge in [-0.15, -0.1) is 0 Å². The number of nitrogens with two attached hydrogens (primary N) is 2. The van der Waals surface area contributed by atoms with Crippen molar-refractivity contribution in [2.45, 2.75) is 58.0 Å². The Morgan fingerprint density at radius 1 is 1.19 bits per heavy atom. The number of carbonyl (C=O) groups is 3. The maximum absolute atomic E-state index is 10.3. The second kappa shape index (κ2) is 13.3. The lowest BCUT2D eigenvalue weighted by Gasteiger charge is -2.07. The quantitative estimate of drug-likeness (QED) is 0.353. The molecule has 0 heterocycles. The monoisotopic (exact) mass is 305 g/mol. The van der Waals surface area contributed by atoms with Crippen molar-refractivity contribution >= 4 is 17.8 Å². The van der Waals surface area contributed by atoms with Gasteiger partial charge in [0.15, 0.2) is 0 Å². The summed E-state index contributed by atoms with van der Waals surface area (Å²) in [7, 11) is 0. The molecule has 8 nitrogen and oxygen atoms in total. The first-order valence-corrected chi connectivity index (χ1v) is 6.95. The fourth-order valence-corrected chi connectivity index (χ4v) is 1.20. The minimum absolute atomic E-state index is 0.102. The first kappa shape index (κ1) is 21.6. The third kappa shape index (κ3) is 16.3. The smallest absolute Gasteiger partial charge is 0.320 e. The second-order valence-corrected chi connectivity index (χ2v) is 4.66. The zero-order valence-corrected chi connectivity index (χ0v) is 12.7. The second-order valence-electron chi connectivity index (χ2n) is 4.66. The molecule has 0 radical (unpaired) electrons. The number of carboxylic acid groups (broad SMARTS) is 2. The summed E-state index contributed by atoms with van der Waals surface area (Å²) >= 11 is 0. The molecule has 124 valence electrons. The predicted molar refractivity (Wildman–Crippen MR) is 78.7 cm³/mol. The molecule has 0 aliphatic heterocycles. The third-order valence-corrected chi connectivity index (χ3v) is 2.64. The topological polar surface area (TPSA) is 156 Å². The molecule has 8 heteroatoms. The first-order valence-electron chi connectivity index (χ1n) is 6.95. The molecule has 0 fully saturated rings. The van der Waals surface area contributed by atoms with E-state index in [0.717, 1.165) is 13.0 Å². The van der Waals surface area contributed by atoms with Crippen molar-refractivity contribution in [1.82, 2.24) is 5.32 Å². The van der Waals surface area contributed by atoms with Crippen molar-refractivity contribution in [2.75, 3.05) is 6.54 Å². The molecule has 0 saturated carbocycles. The van der Waals surface area contributed by atoms with Gasteiger partial charge < -0.3 is 27.0 Å². The number of carbonyl (C=O) groups excluding carboxylic acids is 1. The molecule has 0 bridgehead atoms. The lowest BCUT2D eigenvalue weighted by Crippen LogP contribution is -2.36. The van der Waals surface area contributed by atoms with E-state index in [1.165, 1.54) is 12.8 Å². The summed E-state index contributed by atoms with van der Waals surface area (Å²) in [6.07, 6.45) is 3.38. The first-order chi connectivity index (χ1) is 9.72.